The molecule has 4 rings (SSSR count). The number of piperidine rings is 1. The van der Waals surface area contributed by atoms with Gasteiger partial charge < -0.3 is 9.80 Å². The van der Waals surface area contributed by atoms with E-state index in [1.807, 2.05) is 55.6 Å². The molecule has 5 nitrogen and oxygen atoms in total. The zero-order valence-corrected chi connectivity index (χ0v) is 21.2. The molecule has 0 spiro atoms. The molecule has 1 amide bonds. The van der Waals surface area contributed by atoms with Crippen molar-refractivity contribution in [1.29, 1.82) is 0 Å². The minimum Gasteiger partial charge on any atom is -0.354 e. The van der Waals surface area contributed by atoms with Crippen LogP contribution < -0.4 is 4.90 Å². The summed E-state index contributed by atoms with van der Waals surface area (Å²) in [5.41, 5.74) is 4.01. The van der Waals surface area contributed by atoms with Gasteiger partial charge in [0.2, 0.25) is 0 Å². The Balaban J connectivity index is 1.44. The smallest absolute Gasteiger partial charge is 0.253 e. The van der Waals surface area contributed by atoms with Crippen molar-refractivity contribution < 1.29 is 4.79 Å². The fourth-order valence-corrected chi connectivity index (χ4v) is 5.20. The highest BCUT2D eigenvalue weighted by Gasteiger charge is 2.21. The van der Waals surface area contributed by atoms with Gasteiger partial charge in [-0.1, -0.05) is 61.2 Å². The number of aromatic nitrogens is 2. The predicted molar refractivity (Wildman–Crippen MR) is 140 cm³/mol. The molecule has 1 saturated heterocycles. The van der Waals surface area contributed by atoms with E-state index >= 15 is 0 Å². The van der Waals surface area contributed by atoms with E-state index in [1.165, 1.54) is 19.3 Å². The van der Waals surface area contributed by atoms with Crippen molar-refractivity contribution in [3.63, 3.8) is 0 Å². The summed E-state index contributed by atoms with van der Waals surface area (Å²) in [6.45, 7) is 6.08. The van der Waals surface area contributed by atoms with Crippen molar-refractivity contribution >= 4 is 23.5 Å². The second-order valence-corrected chi connectivity index (χ2v) is 9.97. The van der Waals surface area contributed by atoms with E-state index < -0.39 is 0 Å². The lowest BCUT2D eigenvalue weighted by Gasteiger charge is -2.34. The standard InChI is InChI=1S/C28H34N4OS/c1-4-25-18-26(32-16-9-8-11-21(32)2)30-28(29-25)34-20-23-14-10-15-24(17-23)27(33)31(3)19-22-12-6-5-7-13-22/h5-7,10,12-15,17-18,21H,4,8-9,11,16,19-20H2,1-3H3/t21-/m1/s1. The summed E-state index contributed by atoms with van der Waals surface area (Å²) in [4.78, 5) is 26.9. The summed E-state index contributed by atoms with van der Waals surface area (Å²) in [5.74, 6) is 1.81. The van der Waals surface area contributed by atoms with Crippen LogP contribution in [0.4, 0.5) is 5.82 Å². The van der Waals surface area contributed by atoms with Gasteiger partial charge in [-0.05, 0) is 55.9 Å². The van der Waals surface area contributed by atoms with Crippen LogP contribution in [0.25, 0.3) is 0 Å². The molecule has 0 radical (unpaired) electrons. The van der Waals surface area contributed by atoms with Gasteiger partial charge in [-0.25, -0.2) is 9.97 Å². The van der Waals surface area contributed by atoms with Crippen LogP contribution in [0.1, 0.15) is 60.3 Å². The largest absolute Gasteiger partial charge is 0.354 e. The molecule has 34 heavy (non-hydrogen) atoms. The minimum atomic E-state index is 0.0290. The van der Waals surface area contributed by atoms with E-state index in [-0.39, 0.29) is 5.91 Å². The average molecular weight is 475 g/mol. The Bertz CT molecular complexity index is 1100. The van der Waals surface area contributed by atoms with Gasteiger partial charge in [0.05, 0.1) is 0 Å². The van der Waals surface area contributed by atoms with Gasteiger partial charge in [0.15, 0.2) is 5.16 Å². The molecular weight excluding hydrogens is 440 g/mol. The molecule has 0 bridgehead atoms. The highest BCUT2D eigenvalue weighted by Crippen LogP contribution is 2.27. The number of amides is 1. The summed E-state index contributed by atoms with van der Waals surface area (Å²) in [6, 6.07) is 20.6. The number of benzene rings is 2. The Morgan fingerprint density at radius 2 is 1.85 bits per heavy atom. The van der Waals surface area contributed by atoms with Crippen LogP contribution in [0, 0.1) is 0 Å². The quantitative estimate of drug-likeness (QED) is 0.297. The van der Waals surface area contributed by atoms with Gasteiger partial charge in [0.1, 0.15) is 5.82 Å². The van der Waals surface area contributed by atoms with Crippen LogP contribution in [0.2, 0.25) is 0 Å². The first kappa shape index (κ1) is 24.3. The molecule has 1 aliphatic heterocycles. The summed E-state index contributed by atoms with van der Waals surface area (Å²) in [6.07, 6.45) is 4.62. The monoisotopic (exact) mass is 474 g/mol. The topological polar surface area (TPSA) is 49.3 Å². The summed E-state index contributed by atoms with van der Waals surface area (Å²) in [5, 5.41) is 0.810. The molecule has 1 aromatic heterocycles. The highest BCUT2D eigenvalue weighted by molar-refractivity contribution is 7.98. The van der Waals surface area contributed by atoms with Gasteiger partial charge in [0, 0.05) is 49.3 Å². The number of aryl methyl sites for hydroxylation is 1. The molecule has 1 aliphatic rings. The van der Waals surface area contributed by atoms with Gasteiger partial charge in [-0.3, -0.25) is 4.79 Å². The third-order valence-corrected chi connectivity index (χ3v) is 7.27. The SMILES string of the molecule is CCc1cc(N2CCCC[C@H]2C)nc(SCc2cccc(C(=O)N(C)Cc3ccccc3)c2)n1. The normalized spacial score (nSPS) is 15.9. The lowest BCUT2D eigenvalue weighted by molar-refractivity contribution is 0.0785. The third-order valence-electron chi connectivity index (χ3n) is 6.36. The molecule has 2 heterocycles. The highest BCUT2D eigenvalue weighted by atomic mass is 32.2. The van der Waals surface area contributed by atoms with E-state index in [9.17, 15) is 4.79 Å². The number of thioether (sulfide) groups is 1. The lowest BCUT2D eigenvalue weighted by Crippen LogP contribution is -2.38. The Kier molecular flexibility index (Phi) is 8.22. The second-order valence-electron chi connectivity index (χ2n) is 9.03. The summed E-state index contributed by atoms with van der Waals surface area (Å²) < 4.78 is 0. The number of nitrogens with zero attached hydrogens (tertiary/aromatic N) is 4. The molecule has 2 aromatic carbocycles. The average Bonchev–Trinajstić information content (AvgIpc) is 2.88. The molecule has 1 fully saturated rings. The van der Waals surface area contributed by atoms with Crippen molar-refractivity contribution in [2.75, 3.05) is 18.5 Å². The van der Waals surface area contributed by atoms with E-state index in [0.717, 1.165) is 46.5 Å². The van der Waals surface area contributed by atoms with Crippen molar-refractivity contribution in [2.45, 2.75) is 63.0 Å². The van der Waals surface area contributed by atoms with Crippen LogP contribution in [-0.2, 0) is 18.7 Å². The first-order chi connectivity index (χ1) is 16.5. The van der Waals surface area contributed by atoms with E-state index in [2.05, 4.69) is 30.9 Å². The zero-order chi connectivity index (χ0) is 23.9. The molecule has 178 valence electrons. The Hall–Kier alpha value is -2.86. The fraction of sp³-hybridized carbons (Fsp3) is 0.393. The molecule has 0 saturated carbocycles. The summed E-state index contributed by atoms with van der Waals surface area (Å²) in [7, 11) is 1.85. The Morgan fingerprint density at radius 1 is 1.06 bits per heavy atom. The van der Waals surface area contributed by atoms with E-state index in [1.54, 1.807) is 16.7 Å². The number of carbonyl (C=O) groups excluding carboxylic acids is 1. The number of hydrogen-bond acceptors (Lipinski definition) is 5. The van der Waals surface area contributed by atoms with Crippen LogP contribution >= 0.6 is 11.8 Å². The van der Waals surface area contributed by atoms with Crippen LogP contribution in [0.3, 0.4) is 0 Å². The van der Waals surface area contributed by atoms with Crippen molar-refractivity contribution in [3.05, 3.63) is 83.0 Å². The Morgan fingerprint density at radius 3 is 2.62 bits per heavy atom. The maximum absolute atomic E-state index is 13.0. The molecule has 0 unspecified atom stereocenters. The summed E-state index contributed by atoms with van der Waals surface area (Å²) >= 11 is 1.64. The van der Waals surface area contributed by atoms with Gasteiger partial charge in [-0.15, -0.1) is 0 Å². The maximum Gasteiger partial charge on any atom is 0.253 e. The second kappa shape index (κ2) is 11.5. The van der Waals surface area contributed by atoms with Crippen molar-refractivity contribution in [1.82, 2.24) is 14.9 Å². The lowest BCUT2D eigenvalue weighted by atomic mass is 10.0. The molecule has 3 aromatic rings. The number of rotatable bonds is 8. The molecular formula is C28H34N4OS. The first-order valence-corrected chi connectivity index (χ1v) is 13.2. The van der Waals surface area contributed by atoms with Gasteiger partial charge in [-0.2, -0.15) is 0 Å². The maximum atomic E-state index is 13.0. The fourth-order valence-electron chi connectivity index (χ4n) is 4.38. The number of carbonyl (C=O) groups is 1. The number of anilines is 1. The Labute approximate surface area is 207 Å². The van der Waals surface area contributed by atoms with Crippen molar-refractivity contribution in [2.24, 2.45) is 0 Å². The number of hydrogen-bond donors (Lipinski definition) is 0. The molecule has 0 aliphatic carbocycles. The molecule has 0 N–H and O–H groups in total. The molecule has 1 atom stereocenters. The minimum absolute atomic E-state index is 0.0290. The van der Waals surface area contributed by atoms with Crippen LogP contribution in [0.5, 0.6) is 0 Å². The third kappa shape index (κ3) is 6.17. The van der Waals surface area contributed by atoms with Crippen molar-refractivity contribution in [3.8, 4) is 0 Å². The van der Waals surface area contributed by atoms with Gasteiger partial charge >= 0.3 is 0 Å². The first-order valence-electron chi connectivity index (χ1n) is 12.2. The van der Waals surface area contributed by atoms with Crippen LogP contribution in [0.15, 0.2) is 65.8 Å². The van der Waals surface area contributed by atoms with Gasteiger partial charge in [0.25, 0.3) is 5.91 Å². The molecule has 6 heteroatoms. The van der Waals surface area contributed by atoms with E-state index in [0.29, 0.717) is 18.2 Å². The van der Waals surface area contributed by atoms with E-state index in [4.69, 9.17) is 9.97 Å². The zero-order valence-electron chi connectivity index (χ0n) is 20.4. The van der Waals surface area contributed by atoms with Crippen LogP contribution in [-0.4, -0.2) is 40.4 Å². The predicted octanol–water partition coefficient (Wildman–Crippen LogP) is 5.98.